The molecule has 0 radical (unpaired) electrons. The quantitative estimate of drug-likeness (QED) is 0.577. The van der Waals surface area contributed by atoms with E-state index in [0.29, 0.717) is 21.3 Å². The van der Waals surface area contributed by atoms with E-state index in [4.69, 9.17) is 28.3 Å². The van der Waals surface area contributed by atoms with E-state index in [1.54, 1.807) is 39.0 Å². The van der Waals surface area contributed by atoms with Gasteiger partial charge in [0.05, 0.1) is 4.90 Å². The van der Waals surface area contributed by atoms with Crippen LogP contribution in [0.15, 0.2) is 53.1 Å². The van der Waals surface area contributed by atoms with Gasteiger partial charge in [0.15, 0.2) is 0 Å². The van der Waals surface area contributed by atoms with E-state index in [2.05, 4.69) is 10.6 Å². The van der Waals surface area contributed by atoms with Crippen LogP contribution in [0.4, 0.5) is 5.69 Å². The van der Waals surface area contributed by atoms with E-state index < -0.39 is 27.3 Å². The molecule has 0 aromatic heterocycles. The van der Waals surface area contributed by atoms with Crippen molar-refractivity contribution in [1.29, 1.82) is 0 Å². The van der Waals surface area contributed by atoms with Crippen molar-refractivity contribution >= 4 is 56.8 Å². The van der Waals surface area contributed by atoms with Gasteiger partial charge in [-0.1, -0.05) is 50.0 Å². The van der Waals surface area contributed by atoms with Gasteiger partial charge in [-0.05, 0) is 42.5 Å². The van der Waals surface area contributed by atoms with Crippen LogP contribution in [0.2, 0.25) is 10.0 Å². The third-order valence-electron chi connectivity index (χ3n) is 3.90. The number of anilines is 1. The van der Waals surface area contributed by atoms with Crippen LogP contribution in [0.1, 0.15) is 26.3 Å². The molecule has 2 aromatic carbocycles. The Kier molecular flexibility index (Phi) is 7.31. The number of hydrogen-bond acceptors (Lipinski definition) is 4. The fourth-order valence-electron chi connectivity index (χ4n) is 2.19. The van der Waals surface area contributed by atoms with E-state index in [-0.39, 0.29) is 10.6 Å². The van der Waals surface area contributed by atoms with Crippen molar-refractivity contribution in [2.24, 2.45) is 10.6 Å². The van der Waals surface area contributed by atoms with Crippen molar-refractivity contribution in [3.05, 3.63) is 63.8 Å². The van der Waals surface area contributed by atoms with Crippen molar-refractivity contribution in [2.45, 2.75) is 25.7 Å². The first-order chi connectivity index (χ1) is 13.8. The summed E-state index contributed by atoms with van der Waals surface area (Å²) in [6.07, 6.45) is 1.38. The van der Waals surface area contributed by atoms with Gasteiger partial charge < -0.3 is 10.6 Å². The SMILES string of the molecule is CC(C)(C)C(=O)N/C(=C/c1c(Cl)cccc1Cl)C(=O)Nc1ccc(S(N)(=O)=O)cc1. The zero-order valence-electron chi connectivity index (χ0n) is 16.5. The third-order valence-corrected chi connectivity index (χ3v) is 5.49. The Bertz CT molecular complexity index is 1090. The second kappa shape index (κ2) is 9.18. The van der Waals surface area contributed by atoms with Gasteiger partial charge in [-0.2, -0.15) is 0 Å². The molecule has 7 nitrogen and oxygen atoms in total. The number of halogens is 2. The molecular weight excluding hydrogens is 449 g/mol. The Hall–Kier alpha value is -2.39. The molecule has 0 heterocycles. The highest BCUT2D eigenvalue weighted by molar-refractivity contribution is 7.89. The molecule has 4 N–H and O–H groups in total. The van der Waals surface area contributed by atoms with E-state index in [9.17, 15) is 18.0 Å². The number of benzene rings is 2. The number of hydrogen-bond donors (Lipinski definition) is 3. The van der Waals surface area contributed by atoms with Crippen LogP contribution < -0.4 is 15.8 Å². The number of nitrogens with one attached hydrogen (secondary N) is 2. The fraction of sp³-hybridized carbons (Fsp3) is 0.200. The second-order valence-electron chi connectivity index (χ2n) is 7.42. The maximum atomic E-state index is 12.9. The smallest absolute Gasteiger partial charge is 0.272 e. The normalized spacial score (nSPS) is 12.4. The third kappa shape index (κ3) is 6.30. The zero-order chi connectivity index (χ0) is 22.7. The highest BCUT2D eigenvalue weighted by Crippen LogP contribution is 2.27. The van der Waals surface area contributed by atoms with Crippen LogP contribution in [-0.2, 0) is 19.6 Å². The first kappa shape index (κ1) is 23.9. The van der Waals surface area contributed by atoms with Crippen molar-refractivity contribution in [3.63, 3.8) is 0 Å². The molecule has 0 aliphatic carbocycles. The van der Waals surface area contributed by atoms with Crippen LogP contribution in [0.25, 0.3) is 6.08 Å². The Morgan fingerprint density at radius 2 is 1.53 bits per heavy atom. The van der Waals surface area contributed by atoms with Crippen molar-refractivity contribution in [2.75, 3.05) is 5.32 Å². The lowest BCUT2D eigenvalue weighted by molar-refractivity contribution is -0.128. The number of nitrogens with two attached hydrogens (primary N) is 1. The average Bonchev–Trinajstić information content (AvgIpc) is 2.62. The summed E-state index contributed by atoms with van der Waals surface area (Å²) in [5.41, 5.74) is -0.181. The molecule has 0 saturated carbocycles. The summed E-state index contributed by atoms with van der Waals surface area (Å²) >= 11 is 12.4. The number of sulfonamides is 1. The molecule has 0 aliphatic rings. The molecule has 0 aliphatic heterocycles. The number of carbonyl (C=O) groups excluding carboxylic acids is 2. The number of rotatable bonds is 5. The first-order valence-electron chi connectivity index (χ1n) is 8.70. The maximum absolute atomic E-state index is 12.9. The van der Waals surface area contributed by atoms with Gasteiger partial charge in [-0.15, -0.1) is 0 Å². The molecule has 30 heavy (non-hydrogen) atoms. The van der Waals surface area contributed by atoms with Gasteiger partial charge in [0.1, 0.15) is 5.70 Å². The lowest BCUT2D eigenvalue weighted by atomic mass is 9.95. The van der Waals surface area contributed by atoms with Gasteiger partial charge in [0.25, 0.3) is 5.91 Å². The predicted molar refractivity (Wildman–Crippen MR) is 118 cm³/mol. The number of carbonyl (C=O) groups is 2. The summed E-state index contributed by atoms with van der Waals surface area (Å²) in [6.45, 7) is 5.10. The molecule has 2 rings (SSSR count). The number of primary sulfonamides is 1. The largest absolute Gasteiger partial charge is 0.321 e. The van der Waals surface area contributed by atoms with Gasteiger partial charge in [0, 0.05) is 26.7 Å². The van der Waals surface area contributed by atoms with Crippen LogP contribution in [0.5, 0.6) is 0 Å². The molecule has 0 atom stereocenters. The molecule has 0 bridgehead atoms. The second-order valence-corrected chi connectivity index (χ2v) is 9.80. The van der Waals surface area contributed by atoms with Crippen LogP contribution >= 0.6 is 23.2 Å². The molecule has 10 heteroatoms. The van der Waals surface area contributed by atoms with Gasteiger partial charge in [0.2, 0.25) is 15.9 Å². The molecule has 2 aromatic rings. The first-order valence-corrected chi connectivity index (χ1v) is 11.0. The molecule has 160 valence electrons. The summed E-state index contributed by atoms with van der Waals surface area (Å²) in [5, 5.41) is 10.9. The summed E-state index contributed by atoms with van der Waals surface area (Å²) in [7, 11) is -3.86. The van der Waals surface area contributed by atoms with Gasteiger partial charge in [-0.3, -0.25) is 9.59 Å². The molecule has 0 saturated heterocycles. The predicted octanol–water partition coefficient (Wildman–Crippen LogP) is 3.78. The van der Waals surface area contributed by atoms with Crippen molar-refractivity contribution < 1.29 is 18.0 Å². The molecule has 0 spiro atoms. The summed E-state index contributed by atoms with van der Waals surface area (Å²) in [6, 6.07) is 10.1. The van der Waals surface area contributed by atoms with Gasteiger partial charge in [-0.25, -0.2) is 13.6 Å². The van der Waals surface area contributed by atoms with Crippen LogP contribution in [0, 0.1) is 5.41 Å². The number of amides is 2. The summed E-state index contributed by atoms with van der Waals surface area (Å²) in [5.74, 6) is -1.04. The minimum absolute atomic E-state index is 0.0829. The topological polar surface area (TPSA) is 118 Å². The Morgan fingerprint density at radius 1 is 1.00 bits per heavy atom. The molecule has 2 amide bonds. The van der Waals surface area contributed by atoms with Crippen molar-refractivity contribution in [1.82, 2.24) is 5.32 Å². The lowest BCUT2D eigenvalue weighted by Crippen LogP contribution is -2.38. The highest BCUT2D eigenvalue weighted by atomic mass is 35.5. The lowest BCUT2D eigenvalue weighted by Gasteiger charge is -2.19. The van der Waals surface area contributed by atoms with E-state index in [1.165, 1.54) is 30.3 Å². The van der Waals surface area contributed by atoms with Crippen LogP contribution in [0.3, 0.4) is 0 Å². The van der Waals surface area contributed by atoms with Gasteiger partial charge >= 0.3 is 0 Å². The average molecular weight is 470 g/mol. The molecule has 0 unspecified atom stereocenters. The zero-order valence-corrected chi connectivity index (χ0v) is 18.8. The van der Waals surface area contributed by atoms with E-state index in [1.807, 2.05) is 0 Å². The standard InChI is InChI=1S/C20H21Cl2N3O4S/c1-20(2,3)19(27)25-17(11-14-15(21)5-4-6-16(14)22)18(26)24-12-7-9-13(10-8-12)30(23,28)29/h4-11H,1-3H3,(H,24,26)(H,25,27)(H2,23,28,29)/b17-11+. The maximum Gasteiger partial charge on any atom is 0.272 e. The molecular formula is C20H21Cl2N3O4S. The minimum Gasteiger partial charge on any atom is -0.321 e. The fourth-order valence-corrected chi connectivity index (χ4v) is 3.21. The minimum atomic E-state index is -3.86. The van der Waals surface area contributed by atoms with Crippen molar-refractivity contribution in [3.8, 4) is 0 Å². The highest BCUT2D eigenvalue weighted by Gasteiger charge is 2.24. The summed E-state index contributed by atoms with van der Waals surface area (Å²) in [4.78, 5) is 25.2. The molecule has 0 fully saturated rings. The summed E-state index contributed by atoms with van der Waals surface area (Å²) < 4.78 is 22.7. The Balaban J connectivity index is 2.39. The Morgan fingerprint density at radius 3 is 2.00 bits per heavy atom. The van der Waals surface area contributed by atoms with E-state index in [0.717, 1.165) is 0 Å². The van der Waals surface area contributed by atoms with Crippen LogP contribution in [-0.4, -0.2) is 20.2 Å². The Labute approximate surface area is 185 Å². The van der Waals surface area contributed by atoms with E-state index >= 15 is 0 Å². The monoisotopic (exact) mass is 469 g/mol.